The van der Waals surface area contributed by atoms with Crippen molar-refractivity contribution < 1.29 is 24.9 Å². The average Bonchev–Trinajstić information content (AvgIpc) is 2.45. The Morgan fingerprint density at radius 3 is 1.68 bits per heavy atom. The first-order valence-electron chi connectivity index (χ1n) is 8.22. The van der Waals surface area contributed by atoms with Gasteiger partial charge in [0, 0.05) is 0 Å². The van der Waals surface area contributed by atoms with Crippen LogP contribution in [0.2, 0.25) is 8.87 Å². The molecule has 0 spiro atoms. The third-order valence-electron chi connectivity index (χ3n) is 3.20. The molecule has 5 nitrogen and oxygen atoms in total. The third kappa shape index (κ3) is 14.6. The second kappa shape index (κ2) is 15.6. The van der Waals surface area contributed by atoms with Crippen LogP contribution in [-0.4, -0.2) is 54.0 Å². The van der Waals surface area contributed by atoms with Gasteiger partial charge in [-0.25, -0.2) is 4.79 Å². The predicted octanol–water partition coefficient (Wildman–Crippen LogP) is 3.59. The van der Waals surface area contributed by atoms with Crippen molar-refractivity contribution in [1.29, 1.82) is 0 Å². The van der Waals surface area contributed by atoms with Gasteiger partial charge in [0.2, 0.25) is 0 Å². The summed E-state index contributed by atoms with van der Waals surface area (Å²) < 4.78 is 3.25. The molecule has 0 bridgehead atoms. The van der Waals surface area contributed by atoms with Crippen LogP contribution in [0, 0.1) is 0 Å². The Hall–Kier alpha value is -0.301. The molecule has 130 valence electrons. The van der Waals surface area contributed by atoms with Crippen LogP contribution in [0.1, 0.15) is 72.1 Å². The minimum absolute atomic E-state index is 0.0227. The number of unbranched alkanes of at least 4 members (excludes halogenated alkanes) is 3. The number of hydrogen-bond donors (Lipinski definition) is 3. The maximum absolute atomic E-state index is 10.5. The van der Waals surface area contributed by atoms with Gasteiger partial charge < -0.3 is 15.3 Å². The summed E-state index contributed by atoms with van der Waals surface area (Å²) in [5, 5.41) is 26.4. The molecular formula is C16H32O5Sn. The van der Waals surface area contributed by atoms with E-state index in [1.807, 2.05) is 6.92 Å². The first-order valence-corrected chi connectivity index (χ1v) is 12.3. The molecule has 0 aliphatic carbocycles. The van der Waals surface area contributed by atoms with Crippen molar-refractivity contribution in [2.75, 3.05) is 0 Å². The van der Waals surface area contributed by atoms with Gasteiger partial charge in [0.15, 0.2) is 5.60 Å². The van der Waals surface area contributed by atoms with Gasteiger partial charge in [0.1, 0.15) is 0 Å². The van der Waals surface area contributed by atoms with E-state index in [-0.39, 0.29) is 27.6 Å². The van der Waals surface area contributed by atoms with Gasteiger partial charge in [0.05, 0.1) is 6.42 Å². The number of rotatable bonds is 12. The topological polar surface area (TPSA) is 94.8 Å². The zero-order valence-corrected chi connectivity index (χ0v) is 17.1. The molecule has 0 aromatic heterocycles. The molecule has 0 heterocycles. The standard InChI is InChI=1S/C8H14O5.2C4H9.Sn/c1-2-3-4-8(13,7(11)12)5-6(9)10;2*1-3-4-2;/h13H,2-5H2,1H3,(H,9,10)(H,11,12);2*1,3-4H2,2H3;. The summed E-state index contributed by atoms with van der Waals surface area (Å²) in [6, 6.07) is 0. The number of aliphatic hydroxyl groups is 1. The summed E-state index contributed by atoms with van der Waals surface area (Å²) in [6.07, 6.45) is 6.28. The van der Waals surface area contributed by atoms with E-state index in [1.54, 1.807) is 8.87 Å². The van der Waals surface area contributed by atoms with Crippen molar-refractivity contribution in [1.82, 2.24) is 0 Å². The molecule has 2 radical (unpaired) electrons. The van der Waals surface area contributed by atoms with Crippen LogP contribution in [0.25, 0.3) is 0 Å². The Morgan fingerprint density at radius 2 is 1.36 bits per heavy atom. The summed E-state index contributed by atoms with van der Waals surface area (Å²) in [7, 11) is 0. The molecule has 1 unspecified atom stereocenters. The van der Waals surface area contributed by atoms with Crippen LogP contribution >= 0.6 is 0 Å². The average molecular weight is 423 g/mol. The van der Waals surface area contributed by atoms with Crippen molar-refractivity contribution in [2.24, 2.45) is 0 Å². The maximum atomic E-state index is 10.5. The van der Waals surface area contributed by atoms with Gasteiger partial charge in [0.25, 0.3) is 0 Å². The van der Waals surface area contributed by atoms with E-state index in [1.165, 1.54) is 25.7 Å². The first kappa shape index (κ1) is 24.0. The van der Waals surface area contributed by atoms with Gasteiger partial charge in [-0.2, -0.15) is 0 Å². The minimum atomic E-state index is -2.11. The third-order valence-corrected chi connectivity index (χ3v) is 7.24. The second-order valence-electron chi connectivity index (χ2n) is 5.47. The van der Waals surface area contributed by atoms with Crippen LogP contribution in [-0.2, 0) is 9.59 Å². The van der Waals surface area contributed by atoms with Crippen molar-refractivity contribution in [3.8, 4) is 0 Å². The fourth-order valence-corrected chi connectivity index (χ4v) is 5.88. The first-order chi connectivity index (χ1) is 10.3. The monoisotopic (exact) mass is 424 g/mol. The van der Waals surface area contributed by atoms with Crippen LogP contribution in [0.4, 0.5) is 0 Å². The number of carboxylic acids is 2. The molecule has 0 amide bonds. The van der Waals surface area contributed by atoms with Gasteiger partial charge in [-0.15, -0.1) is 0 Å². The van der Waals surface area contributed by atoms with E-state index in [2.05, 4.69) is 13.8 Å². The summed E-state index contributed by atoms with van der Waals surface area (Å²) in [5.41, 5.74) is -2.11. The van der Waals surface area contributed by atoms with E-state index in [0.29, 0.717) is 6.42 Å². The van der Waals surface area contributed by atoms with Crippen molar-refractivity contribution in [3.05, 3.63) is 0 Å². The zero-order chi connectivity index (χ0) is 17.4. The number of hydrogen-bond acceptors (Lipinski definition) is 3. The Labute approximate surface area is 144 Å². The molecule has 22 heavy (non-hydrogen) atoms. The van der Waals surface area contributed by atoms with E-state index < -0.39 is 24.0 Å². The number of carboxylic acid groups (broad SMARTS) is 2. The van der Waals surface area contributed by atoms with Crippen LogP contribution in [0.15, 0.2) is 0 Å². The normalized spacial score (nSPS) is 12.9. The second-order valence-corrected chi connectivity index (χ2v) is 9.75. The van der Waals surface area contributed by atoms with E-state index in [9.17, 15) is 14.7 Å². The molecule has 0 rings (SSSR count). The molecule has 3 N–H and O–H groups in total. The molecular weight excluding hydrogens is 391 g/mol. The van der Waals surface area contributed by atoms with Gasteiger partial charge in [-0.05, 0) is 6.42 Å². The molecule has 0 fully saturated rings. The molecule has 0 aromatic carbocycles. The summed E-state index contributed by atoms with van der Waals surface area (Å²) >= 11 is 0.149. The Bertz CT molecular complexity index is 290. The number of aliphatic carboxylic acids is 2. The van der Waals surface area contributed by atoms with E-state index in [0.717, 1.165) is 6.42 Å². The summed E-state index contributed by atoms with van der Waals surface area (Å²) in [6.45, 7) is 6.42. The quantitative estimate of drug-likeness (QED) is 0.330. The van der Waals surface area contributed by atoms with Crippen molar-refractivity contribution >= 4 is 33.1 Å². The molecule has 0 saturated carbocycles. The van der Waals surface area contributed by atoms with Crippen LogP contribution < -0.4 is 0 Å². The molecule has 6 heteroatoms. The predicted molar refractivity (Wildman–Crippen MR) is 89.5 cm³/mol. The molecule has 0 saturated heterocycles. The van der Waals surface area contributed by atoms with Gasteiger partial charge >= 0.3 is 81.5 Å². The molecule has 0 aliphatic rings. The molecule has 0 aliphatic heterocycles. The molecule has 0 aromatic rings. The SMILES string of the molecule is CCCCC(O)(CC(=O)O)C(=O)O.CCC[CH2][Sn][CH2]CCC. The van der Waals surface area contributed by atoms with Gasteiger partial charge in [-0.1, -0.05) is 19.8 Å². The Balaban J connectivity index is 0. The Kier molecular flexibility index (Phi) is 17.0. The Morgan fingerprint density at radius 1 is 0.909 bits per heavy atom. The van der Waals surface area contributed by atoms with Crippen LogP contribution in [0.3, 0.4) is 0 Å². The van der Waals surface area contributed by atoms with Gasteiger partial charge in [-0.3, -0.25) is 4.79 Å². The summed E-state index contributed by atoms with van der Waals surface area (Å²) in [5.74, 6) is -2.77. The fourth-order valence-electron chi connectivity index (χ4n) is 1.72. The fraction of sp³-hybridized carbons (Fsp3) is 0.875. The van der Waals surface area contributed by atoms with Crippen LogP contribution in [0.5, 0.6) is 0 Å². The van der Waals surface area contributed by atoms with E-state index in [4.69, 9.17) is 10.2 Å². The van der Waals surface area contributed by atoms with Crippen molar-refractivity contribution in [2.45, 2.75) is 86.6 Å². The summed E-state index contributed by atoms with van der Waals surface area (Å²) in [4.78, 5) is 20.8. The van der Waals surface area contributed by atoms with Crippen molar-refractivity contribution in [3.63, 3.8) is 0 Å². The number of carbonyl (C=O) groups is 2. The van der Waals surface area contributed by atoms with E-state index >= 15 is 0 Å². The molecule has 1 atom stereocenters. The zero-order valence-electron chi connectivity index (χ0n) is 14.2.